The van der Waals surface area contributed by atoms with E-state index in [0.717, 1.165) is 67.5 Å². The molecule has 0 aliphatic carbocycles. The number of fused-ring (bicyclic) bond motifs is 6. The van der Waals surface area contributed by atoms with Crippen molar-refractivity contribution in [3.05, 3.63) is 205 Å². The molecule has 0 radical (unpaired) electrons. The maximum Gasteiger partial charge on any atom is 0.147 e. The number of pyridine rings is 1. The smallest absolute Gasteiger partial charge is 0.147 e. The third-order valence-corrected chi connectivity index (χ3v) is 11.5. The Morgan fingerprint density at radius 3 is 2.13 bits per heavy atom. The molecule has 0 spiro atoms. The number of imidazole rings is 1. The van der Waals surface area contributed by atoms with Crippen LogP contribution in [0.1, 0.15) is 23.6 Å². The third-order valence-electron chi connectivity index (χ3n) is 11.5. The van der Waals surface area contributed by atoms with Crippen molar-refractivity contribution in [1.29, 1.82) is 0 Å². The van der Waals surface area contributed by atoms with Gasteiger partial charge in [-0.15, -0.1) is 0 Å². The predicted molar refractivity (Wildman–Crippen MR) is 226 cm³/mol. The Morgan fingerprint density at radius 2 is 1.27 bits per heavy atom. The molecule has 0 amide bonds. The fraction of sp³-hybridized carbons (Fsp3) is 0.0400. The van der Waals surface area contributed by atoms with Crippen molar-refractivity contribution in [1.82, 2.24) is 19.5 Å². The number of H-pyrrole nitrogens is 1. The summed E-state index contributed by atoms with van der Waals surface area (Å²) in [5.41, 5.74) is 14.0. The van der Waals surface area contributed by atoms with Gasteiger partial charge < -0.3 is 4.98 Å². The molecule has 1 aliphatic rings. The van der Waals surface area contributed by atoms with Crippen molar-refractivity contribution in [3.8, 4) is 28.2 Å². The standard InChI is InChI=1S/C50H35N5/c1-50(34-16-4-2-5-17-34)40-24-9-11-26-43(40)55(46-28-12-13-31-51-46)45-32-33(29-30-41(45)50)36-21-15-27-44-48(36)53-49(54(44)35-18-6-3-7-19-35)39-23-14-22-38-37-20-8-10-25-42(37)52-47(38)39/h2-32,52H,1H3. The fourth-order valence-corrected chi connectivity index (χ4v) is 8.90. The molecular weight excluding hydrogens is 671 g/mol. The Kier molecular flexibility index (Phi) is 6.92. The lowest BCUT2D eigenvalue weighted by Crippen LogP contribution is -2.34. The molecule has 4 heterocycles. The van der Waals surface area contributed by atoms with E-state index in [4.69, 9.17) is 9.97 Å². The Balaban J connectivity index is 1.18. The molecule has 0 fully saturated rings. The van der Waals surface area contributed by atoms with Gasteiger partial charge in [0.1, 0.15) is 11.6 Å². The molecule has 0 saturated heterocycles. The highest BCUT2D eigenvalue weighted by Gasteiger charge is 2.42. The monoisotopic (exact) mass is 705 g/mol. The lowest BCUT2D eigenvalue weighted by atomic mass is 9.67. The van der Waals surface area contributed by atoms with Crippen LogP contribution in [0, 0.1) is 0 Å². The molecule has 7 aromatic carbocycles. The van der Waals surface area contributed by atoms with Gasteiger partial charge >= 0.3 is 0 Å². The molecule has 1 N–H and O–H groups in total. The van der Waals surface area contributed by atoms with Crippen LogP contribution in [0.4, 0.5) is 17.2 Å². The summed E-state index contributed by atoms with van der Waals surface area (Å²) < 4.78 is 2.31. The highest BCUT2D eigenvalue weighted by Crippen LogP contribution is 2.55. The number of hydrogen-bond acceptors (Lipinski definition) is 3. The van der Waals surface area contributed by atoms with Gasteiger partial charge in [-0.05, 0) is 83.8 Å². The summed E-state index contributed by atoms with van der Waals surface area (Å²) >= 11 is 0. The number of nitrogens with zero attached hydrogens (tertiary/aromatic N) is 4. The van der Waals surface area contributed by atoms with Crippen molar-refractivity contribution in [2.45, 2.75) is 12.3 Å². The van der Waals surface area contributed by atoms with Crippen LogP contribution in [0.5, 0.6) is 0 Å². The van der Waals surface area contributed by atoms with Crippen molar-refractivity contribution in [2.75, 3.05) is 4.90 Å². The average molecular weight is 706 g/mol. The first-order valence-corrected chi connectivity index (χ1v) is 18.8. The highest BCUT2D eigenvalue weighted by atomic mass is 15.2. The van der Waals surface area contributed by atoms with E-state index >= 15 is 0 Å². The van der Waals surface area contributed by atoms with Gasteiger partial charge in [-0.1, -0.05) is 127 Å². The van der Waals surface area contributed by atoms with E-state index in [-0.39, 0.29) is 0 Å². The van der Waals surface area contributed by atoms with Crippen LogP contribution in [0.15, 0.2) is 188 Å². The summed E-state index contributed by atoms with van der Waals surface area (Å²) in [4.78, 5) is 16.5. The van der Waals surface area contributed by atoms with Crippen molar-refractivity contribution < 1.29 is 0 Å². The second-order valence-electron chi connectivity index (χ2n) is 14.4. The minimum absolute atomic E-state index is 0.399. The Morgan fingerprint density at radius 1 is 0.564 bits per heavy atom. The predicted octanol–water partition coefficient (Wildman–Crippen LogP) is 12.5. The number of rotatable bonds is 5. The van der Waals surface area contributed by atoms with Gasteiger partial charge in [0.2, 0.25) is 0 Å². The molecule has 1 atom stereocenters. The molecule has 1 aliphatic heterocycles. The number of benzene rings is 7. The highest BCUT2D eigenvalue weighted by molar-refractivity contribution is 6.12. The van der Waals surface area contributed by atoms with E-state index in [2.05, 4.69) is 197 Å². The molecule has 10 aromatic rings. The van der Waals surface area contributed by atoms with E-state index in [1.54, 1.807) is 0 Å². The first kappa shape index (κ1) is 31.3. The van der Waals surface area contributed by atoms with Gasteiger partial charge in [0.15, 0.2) is 0 Å². The second kappa shape index (κ2) is 12.2. The van der Waals surface area contributed by atoms with Crippen LogP contribution in [-0.4, -0.2) is 19.5 Å². The topological polar surface area (TPSA) is 49.7 Å². The summed E-state index contributed by atoms with van der Waals surface area (Å²) in [6.07, 6.45) is 1.87. The zero-order chi connectivity index (χ0) is 36.5. The van der Waals surface area contributed by atoms with E-state index < -0.39 is 5.41 Å². The molecule has 3 aromatic heterocycles. The lowest BCUT2D eigenvalue weighted by Gasteiger charge is -2.44. The number of aromatic nitrogens is 4. The third kappa shape index (κ3) is 4.66. The van der Waals surface area contributed by atoms with Gasteiger partial charge in [-0.3, -0.25) is 9.47 Å². The minimum Gasteiger partial charge on any atom is -0.354 e. The zero-order valence-electron chi connectivity index (χ0n) is 30.2. The summed E-state index contributed by atoms with van der Waals surface area (Å²) in [5, 5.41) is 2.39. The number of anilines is 3. The van der Waals surface area contributed by atoms with E-state index in [1.165, 1.54) is 27.5 Å². The molecule has 0 saturated carbocycles. The quantitative estimate of drug-likeness (QED) is 0.194. The summed E-state index contributed by atoms with van der Waals surface area (Å²) in [6.45, 7) is 2.36. The van der Waals surface area contributed by atoms with E-state index in [1.807, 2.05) is 12.3 Å². The first-order valence-electron chi connectivity index (χ1n) is 18.8. The molecule has 55 heavy (non-hydrogen) atoms. The maximum atomic E-state index is 5.57. The zero-order valence-corrected chi connectivity index (χ0v) is 30.2. The van der Waals surface area contributed by atoms with E-state index in [0.29, 0.717) is 0 Å². The number of nitrogens with one attached hydrogen (secondary N) is 1. The van der Waals surface area contributed by atoms with Crippen molar-refractivity contribution >= 4 is 50.0 Å². The molecule has 260 valence electrons. The van der Waals surface area contributed by atoms with Crippen LogP contribution >= 0.6 is 0 Å². The van der Waals surface area contributed by atoms with Crippen molar-refractivity contribution in [3.63, 3.8) is 0 Å². The van der Waals surface area contributed by atoms with Gasteiger partial charge in [0.25, 0.3) is 0 Å². The number of hydrogen-bond donors (Lipinski definition) is 1. The van der Waals surface area contributed by atoms with Gasteiger partial charge in [0, 0.05) is 44.7 Å². The first-order chi connectivity index (χ1) is 27.2. The van der Waals surface area contributed by atoms with Crippen LogP contribution in [-0.2, 0) is 5.41 Å². The Labute approximate surface area is 318 Å². The normalized spacial score (nSPS) is 15.0. The molecule has 0 bridgehead atoms. The summed E-state index contributed by atoms with van der Waals surface area (Å²) in [5.74, 6) is 1.77. The van der Waals surface area contributed by atoms with Crippen LogP contribution < -0.4 is 4.90 Å². The summed E-state index contributed by atoms with van der Waals surface area (Å²) in [7, 11) is 0. The molecular formula is C50H35N5. The number of aromatic amines is 1. The Bertz CT molecular complexity index is 3050. The van der Waals surface area contributed by atoms with Crippen molar-refractivity contribution in [2.24, 2.45) is 0 Å². The van der Waals surface area contributed by atoms with Gasteiger partial charge in [0.05, 0.1) is 27.9 Å². The van der Waals surface area contributed by atoms with Crippen LogP contribution in [0.2, 0.25) is 0 Å². The van der Waals surface area contributed by atoms with E-state index in [9.17, 15) is 0 Å². The average Bonchev–Trinajstić information content (AvgIpc) is 3.84. The minimum atomic E-state index is -0.399. The molecule has 5 nitrogen and oxygen atoms in total. The maximum absolute atomic E-state index is 5.57. The fourth-order valence-electron chi connectivity index (χ4n) is 8.90. The SMILES string of the molecule is CC1(c2ccccc2)c2ccccc2N(c2ccccn2)c2cc(-c3cccc4c3nc(-c3cccc5c3[nH]c3ccccc35)n4-c3ccccc3)ccc21. The Hall–Kier alpha value is -7.24. The summed E-state index contributed by atoms with van der Waals surface area (Å²) in [6, 6.07) is 64.8. The van der Waals surface area contributed by atoms with Crippen LogP contribution in [0.25, 0.3) is 61.0 Å². The molecule has 1 unspecified atom stereocenters. The largest absolute Gasteiger partial charge is 0.354 e. The molecule has 5 heteroatoms. The molecule has 11 rings (SSSR count). The van der Waals surface area contributed by atoms with Crippen LogP contribution in [0.3, 0.4) is 0 Å². The lowest BCUT2D eigenvalue weighted by molar-refractivity contribution is 0.681. The van der Waals surface area contributed by atoms with Gasteiger partial charge in [-0.25, -0.2) is 9.97 Å². The van der Waals surface area contributed by atoms with Gasteiger partial charge in [-0.2, -0.15) is 0 Å². The second-order valence-corrected chi connectivity index (χ2v) is 14.4. The number of para-hydroxylation sites is 5.